The number of nitrogens with zero attached hydrogens (tertiary/aromatic N) is 1. The third-order valence-corrected chi connectivity index (χ3v) is 4.22. The molecule has 2 rings (SSSR count). The molecule has 0 radical (unpaired) electrons. The third kappa shape index (κ3) is 5.96. The Bertz CT molecular complexity index is 657. The summed E-state index contributed by atoms with van der Waals surface area (Å²) in [6.07, 6.45) is 1.59. The van der Waals surface area contributed by atoms with Crippen LogP contribution in [-0.2, 0) is 4.84 Å². The van der Waals surface area contributed by atoms with Gasteiger partial charge in [-0.15, -0.1) is 11.8 Å². The summed E-state index contributed by atoms with van der Waals surface area (Å²) in [5, 5.41) is 7.30. The molecule has 0 aromatic heterocycles. The van der Waals surface area contributed by atoms with Gasteiger partial charge in [0.15, 0.2) is 0 Å². The van der Waals surface area contributed by atoms with Gasteiger partial charge in [-0.1, -0.05) is 28.9 Å². The van der Waals surface area contributed by atoms with Crippen LogP contribution in [0.1, 0.15) is 15.9 Å². The summed E-state index contributed by atoms with van der Waals surface area (Å²) in [4.78, 5) is 17.8. The van der Waals surface area contributed by atoms with Gasteiger partial charge in [-0.25, -0.2) is 0 Å². The van der Waals surface area contributed by atoms with Crippen molar-refractivity contribution < 1.29 is 9.63 Å². The van der Waals surface area contributed by atoms with Crippen LogP contribution in [0.5, 0.6) is 0 Å². The summed E-state index contributed by atoms with van der Waals surface area (Å²) in [5.74, 6) is 0.711. The first-order chi connectivity index (χ1) is 11.2. The van der Waals surface area contributed by atoms with Crippen molar-refractivity contribution in [2.45, 2.75) is 4.90 Å². The molecule has 0 saturated heterocycles. The average Bonchev–Trinajstić information content (AvgIpc) is 2.58. The smallest absolute Gasteiger partial charge is 0.251 e. The average molecular weight is 349 g/mol. The Hall–Kier alpha value is -1.98. The number of hydrogen-bond acceptors (Lipinski definition) is 4. The van der Waals surface area contributed by atoms with Crippen LogP contribution in [0.15, 0.2) is 58.6 Å². The highest BCUT2D eigenvalue weighted by molar-refractivity contribution is 7.99. The van der Waals surface area contributed by atoms with Crippen LogP contribution in [0, 0.1) is 0 Å². The number of halogens is 1. The first-order valence-electron chi connectivity index (χ1n) is 7.02. The normalized spacial score (nSPS) is 10.7. The molecule has 120 valence electrons. The molecule has 2 aromatic carbocycles. The van der Waals surface area contributed by atoms with Crippen LogP contribution in [0.4, 0.5) is 0 Å². The van der Waals surface area contributed by atoms with Crippen molar-refractivity contribution in [3.8, 4) is 0 Å². The minimum absolute atomic E-state index is 0.0862. The van der Waals surface area contributed by atoms with Gasteiger partial charge >= 0.3 is 0 Å². The summed E-state index contributed by atoms with van der Waals surface area (Å²) in [6.45, 7) is 0.596. The number of benzene rings is 2. The van der Waals surface area contributed by atoms with E-state index in [9.17, 15) is 4.79 Å². The molecule has 0 saturated carbocycles. The zero-order chi connectivity index (χ0) is 16.5. The van der Waals surface area contributed by atoms with Gasteiger partial charge in [-0.05, 0) is 42.0 Å². The first-order valence-corrected chi connectivity index (χ1v) is 8.38. The van der Waals surface area contributed by atoms with Crippen molar-refractivity contribution in [1.82, 2.24) is 5.32 Å². The summed E-state index contributed by atoms with van der Waals surface area (Å²) in [5.41, 5.74) is 1.50. The maximum absolute atomic E-state index is 12.0. The molecule has 0 unspecified atom stereocenters. The quantitative estimate of drug-likeness (QED) is 0.358. The number of amides is 1. The standard InChI is InChI=1S/C17H17ClN2O2S/c1-22-20-12-13-2-4-14(5-3-13)17(21)19-10-11-23-16-8-6-15(18)7-9-16/h2-9,12H,10-11H2,1H3,(H,19,21)/b20-12+. The molecule has 0 atom stereocenters. The topological polar surface area (TPSA) is 50.7 Å². The molecule has 0 aliphatic heterocycles. The van der Waals surface area contributed by atoms with E-state index in [-0.39, 0.29) is 5.91 Å². The Morgan fingerprint density at radius 2 is 1.91 bits per heavy atom. The second-order valence-electron chi connectivity index (χ2n) is 4.60. The molecular weight excluding hydrogens is 332 g/mol. The van der Waals surface area contributed by atoms with E-state index in [0.29, 0.717) is 12.1 Å². The zero-order valence-corrected chi connectivity index (χ0v) is 14.2. The minimum atomic E-state index is -0.0862. The van der Waals surface area contributed by atoms with Crippen LogP contribution in [0.25, 0.3) is 0 Å². The van der Waals surface area contributed by atoms with Crippen molar-refractivity contribution in [3.05, 3.63) is 64.7 Å². The SMILES string of the molecule is CO/N=C/c1ccc(C(=O)NCCSc2ccc(Cl)cc2)cc1. The predicted molar refractivity (Wildman–Crippen MR) is 95.6 cm³/mol. The van der Waals surface area contributed by atoms with Gasteiger partial charge in [0.2, 0.25) is 0 Å². The molecule has 0 aliphatic carbocycles. The number of thioether (sulfide) groups is 1. The van der Waals surface area contributed by atoms with Crippen LogP contribution < -0.4 is 5.32 Å². The predicted octanol–water partition coefficient (Wildman–Crippen LogP) is 3.84. The van der Waals surface area contributed by atoms with Gasteiger partial charge in [0, 0.05) is 27.8 Å². The van der Waals surface area contributed by atoms with E-state index in [1.54, 1.807) is 30.1 Å². The summed E-state index contributed by atoms with van der Waals surface area (Å²) >= 11 is 7.51. The number of nitrogens with one attached hydrogen (secondary N) is 1. The van der Waals surface area contributed by atoms with E-state index in [1.165, 1.54) is 7.11 Å². The second kappa shape index (κ2) is 9.22. The number of carbonyl (C=O) groups is 1. The molecule has 0 heterocycles. The Balaban J connectivity index is 1.76. The monoisotopic (exact) mass is 348 g/mol. The largest absolute Gasteiger partial charge is 0.399 e. The lowest BCUT2D eigenvalue weighted by atomic mass is 10.1. The number of rotatable bonds is 7. The maximum Gasteiger partial charge on any atom is 0.251 e. The molecule has 0 bridgehead atoms. The maximum atomic E-state index is 12.0. The van der Waals surface area contributed by atoms with Gasteiger partial charge in [0.05, 0.1) is 6.21 Å². The van der Waals surface area contributed by atoms with E-state index in [0.717, 1.165) is 21.2 Å². The van der Waals surface area contributed by atoms with Gasteiger partial charge in [0.1, 0.15) is 7.11 Å². The van der Waals surface area contributed by atoms with Crippen molar-refractivity contribution >= 4 is 35.5 Å². The lowest BCUT2D eigenvalue weighted by molar-refractivity contribution is 0.0956. The van der Waals surface area contributed by atoms with Crippen LogP contribution >= 0.6 is 23.4 Å². The van der Waals surface area contributed by atoms with Crippen LogP contribution in [-0.4, -0.2) is 31.5 Å². The molecule has 6 heteroatoms. The molecule has 4 nitrogen and oxygen atoms in total. The molecule has 1 N–H and O–H groups in total. The fourth-order valence-electron chi connectivity index (χ4n) is 1.80. The highest BCUT2D eigenvalue weighted by atomic mass is 35.5. The molecule has 23 heavy (non-hydrogen) atoms. The third-order valence-electron chi connectivity index (χ3n) is 2.95. The van der Waals surface area contributed by atoms with Crippen molar-refractivity contribution in [2.24, 2.45) is 5.16 Å². The van der Waals surface area contributed by atoms with E-state index in [2.05, 4.69) is 15.3 Å². The molecular formula is C17H17ClN2O2S. The van der Waals surface area contributed by atoms with Crippen LogP contribution in [0.2, 0.25) is 5.02 Å². The minimum Gasteiger partial charge on any atom is -0.399 e. The van der Waals surface area contributed by atoms with Crippen molar-refractivity contribution in [1.29, 1.82) is 0 Å². The summed E-state index contributed by atoms with van der Waals surface area (Å²) in [7, 11) is 1.49. The fraction of sp³-hybridized carbons (Fsp3) is 0.176. The van der Waals surface area contributed by atoms with E-state index < -0.39 is 0 Å². The number of oxime groups is 1. The second-order valence-corrected chi connectivity index (χ2v) is 6.20. The highest BCUT2D eigenvalue weighted by Crippen LogP contribution is 2.19. The zero-order valence-electron chi connectivity index (χ0n) is 12.7. The summed E-state index contributed by atoms with van der Waals surface area (Å²) < 4.78 is 0. The highest BCUT2D eigenvalue weighted by Gasteiger charge is 2.04. The number of hydrogen-bond donors (Lipinski definition) is 1. The van der Waals surface area contributed by atoms with Crippen molar-refractivity contribution in [2.75, 3.05) is 19.4 Å². The lowest BCUT2D eigenvalue weighted by Gasteiger charge is -2.06. The molecule has 0 fully saturated rings. The summed E-state index contributed by atoms with van der Waals surface area (Å²) in [6, 6.07) is 14.8. The Morgan fingerprint density at radius 1 is 1.22 bits per heavy atom. The van der Waals surface area contributed by atoms with Crippen molar-refractivity contribution in [3.63, 3.8) is 0 Å². The van der Waals surface area contributed by atoms with Gasteiger partial charge < -0.3 is 10.2 Å². The Kier molecular flexibility index (Phi) is 6.97. The van der Waals surface area contributed by atoms with E-state index in [4.69, 9.17) is 11.6 Å². The first kappa shape index (κ1) is 17.4. The lowest BCUT2D eigenvalue weighted by Crippen LogP contribution is -2.25. The number of carbonyl (C=O) groups excluding carboxylic acids is 1. The molecule has 1 amide bonds. The van der Waals surface area contributed by atoms with Crippen LogP contribution in [0.3, 0.4) is 0 Å². The Labute approximate surface area is 144 Å². The Morgan fingerprint density at radius 3 is 2.57 bits per heavy atom. The molecule has 0 aliphatic rings. The molecule has 0 spiro atoms. The molecule has 2 aromatic rings. The van der Waals surface area contributed by atoms with E-state index in [1.807, 2.05) is 36.4 Å². The van der Waals surface area contributed by atoms with Gasteiger partial charge in [-0.3, -0.25) is 4.79 Å². The van der Waals surface area contributed by atoms with E-state index >= 15 is 0 Å². The van der Waals surface area contributed by atoms with Gasteiger partial charge in [-0.2, -0.15) is 0 Å². The fourth-order valence-corrected chi connectivity index (χ4v) is 2.69. The van der Waals surface area contributed by atoms with Gasteiger partial charge in [0.25, 0.3) is 5.91 Å².